The number of ether oxygens (including phenoxy) is 1. The molecule has 2 N–H and O–H groups in total. The fourth-order valence-electron chi connectivity index (χ4n) is 3.27. The van der Waals surface area contributed by atoms with Gasteiger partial charge in [0.1, 0.15) is 12.1 Å². The van der Waals surface area contributed by atoms with Gasteiger partial charge in [-0.3, -0.25) is 14.6 Å². The van der Waals surface area contributed by atoms with Gasteiger partial charge >= 0.3 is 0 Å². The standard InChI is InChI=1S/C22H31FN4O4/c1-22(2,3)31-14-18(28)12-26-7-9-27(10-8-26)13-20-25-19(15-30-20)21(29)24-17-6-4-5-16(23)11-17/h4-6,11,15,18,28H,7-10,12-14H2,1-3H3,(H,24,29)/t18-/m0/s1. The van der Waals surface area contributed by atoms with Crippen LogP contribution in [-0.4, -0.2) is 76.8 Å². The van der Waals surface area contributed by atoms with E-state index in [1.165, 1.54) is 24.5 Å². The molecular weight excluding hydrogens is 403 g/mol. The molecule has 1 fully saturated rings. The SMILES string of the molecule is CC(C)(C)OC[C@@H](O)CN1CCN(Cc2nc(C(=O)Nc3cccc(F)c3)co2)CC1. The van der Waals surface area contributed by atoms with Crippen LogP contribution in [0.25, 0.3) is 0 Å². The first-order valence-corrected chi connectivity index (χ1v) is 10.5. The van der Waals surface area contributed by atoms with Gasteiger partial charge in [-0.25, -0.2) is 9.37 Å². The van der Waals surface area contributed by atoms with E-state index in [-0.39, 0.29) is 11.3 Å². The summed E-state index contributed by atoms with van der Waals surface area (Å²) in [7, 11) is 0. The number of aliphatic hydroxyl groups excluding tert-OH is 1. The maximum absolute atomic E-state index is 13.3. The monoisotopic (exact) mass is 434 g/mol. The second-order valence-corrected chi connectivity index (χ2v) is 8.74. The van der Waals surface area contributed by atoms with Crippen LogP contribution in [0.3, 0.4) is 0 Å². The second kappa shape index (κ2) is 10.3. The number of hydrogen-bond acceptors (Lipinski definition) is 7. The van der Waals surface area contributed by atoms with E-state index < -0.39 is 17.8 Å². The second-order valence-electron chi connectivity index (χ2n) is 8.74. The number of amides is 1. The topological polar surface area (TPSA) is 91.1 Å². The summed E-state index contributed by atoms with van der Waals surface area (Å²) in [6.07, 6.45) is 0.794. The number of hydrogen-bond donors (Lipinski definition) is 2. The van der Waals surface area contributed by atoms with Crippen LogP contribution in [0.1, 0.15) is 37.2 Å². The lowest BCUT2D eigenvalue weighted by molar-refractivity contribution is -0.0588. The van der Waals surface area contributed by atoms with E-state index in [0.717, 1.165) is 26.2 Å². The van der Waals surface area contributed by atoms with Crippen molar-refractivity contribution >= 4 is 11.6 Å². The lowest BCUT2D eigenvalue weighted by Gasteiger charge is -2.35. The van der Waals surface area contributed by atoms with Gasteiger partial charge in [-0.2, -0.15) is 0 Å². The van der Waals surface area contributed by atoms with Crippen LogP contribution in [0.4, 0.5) is 10.1 Å². The van der Waals surface area contributed by atoms with Gasteiger partial charge in [-0.05, 0) is 39.0 Å². The van der Waals surface area contributed by atoms with E-state index in [2.05, 4.69) is 20.1 Å². The minimum atomic E-state index is -0.517. The van der Waals surface area contributed by atoms with Crippen molar-refractivity contribution in [3.05, 3.63) is 47.9 Å². The maximum atomic E-state index is 13.3. The summed E-state index contributed by atoms with van der Waals surface area (Å²) in [4.78, 5) is 20.9. The highest BCUT2D eigenvalue weighted by molar-refractivity contribution is 6.02. The van der Waals surface area contributed by atoms with Gasteiger partial charge in [-0.15, -0.1) is 0 Å². The molecule has 1 aromatic heterocycles. The number of benzene rings is 1. The van der Waals surface area contributed by atoms with E-state index >= 15 is 0 Å². The van der Waals surface area contributed by atoms with Crippen molar-refractivity contribution in [1.82, 2.24) is 14.8 Å². The highest BCUT2D eigenvalue weighted by Crippen LogP contribution is 2.14. The van der Waals surface area contributed by atoms with Crippen molar-refractivity contribution in [1.29, 1.82) is 0 Å². The zero-order valence-corrected chi connectivity index (χ0v) is 18.3. The lowest BCUT2D eigenvalue weighted by atomic mass is 10.2. The average Bonchev–Trinajstić information content (AvgIpc) is 3.16. The number of oxazole rings is 1. The minimum absolute atomic E-state index is 0.153. The van der Waals surface area contributed by atoms with E-state index in [1.807, 2.05) is 20.8 Å². The fraction of sp³-hybridized carbons (Fsp3) is 0.545. The van der Waals surface area contributed by atoms with E-state index in [9.17, 15) is 14.3 Å². The molecule has 0 bridgehead atoms. The fourth-order valence-corrected chi connectivity index (χ4v) is 3.27. The van der Waals surface area contributed by atoms with E-state index in [1.54, 1.807) is 6.07 Å². The zero-order chi connectivity index (χ0) is 22.4. The van der Waals surface area contributed by atoms with Gasteiger partial charge in [0, 0.05) is 38.4 Å². The molecule has 1 amide bonds. The van der Waals surface area contributed by atoms with Crippen LogP contribution >= 0.6 is 0 Å². The summed E-state index contributed by atoms with van der Waals surface area (Å²) in [6.45, 7) is 10.6. The van der Waals surface area contributed by atoms with Crippen LogP contribution in [0.5, 0.6) is 0 Å². The van der Waals surface area contributed by atoms with Crippen LogP contribution in [0.15, 0.2) is 34.9 Å². The van der Waals surface area contributed by atoms with Gasteiger partial charge in [0.05, 0.1) is 24.9 Å². The Morgan fingerprint density at radius 2 is 2.00 bits per heavy atom. The molecule has 1 aliphatic heterocycles. The Hall–Kier alpha value is -2.33. The Labute approximate surface area is 182 Å². The number of aliphatic hydroxyl groups is 1. The number of piperazine rings is 1. The summed E-state index contributed by atoms with van der Waals surface area (Å²) >= 11 is 0. The molecule has 1 atom stereocenters. The van der Waals surface area contributed by atoms with Gasteiger partial charge in [0.2, 0.25) is 5.89 Å². The Morgan fingerprint density at radius 3 is 2.68 bits per heavy atom. The molecule has 9 heteroatoms. The van der Waals surface area contributed by atoms with Crippen LogP contribution in [0, 0.1) is 5.82 Å². The molecule has 1 aromatic carbocycles. The first kappa shape index (κ1) is 23.3. The number of carbonyl (C=O) groups excluding carboxylic acids is 1. The summed E-state index contributed by atoms with van der Waals surface area (Å²) in [5.41, 5.74) is 0.253. The Kier molecular flexibility index (Phi) is 7.77. The van der Waals surface area contributed by atoms with Crippen molar-refractivity contribution in [2.45, 2.75) is 39.0 Å². The highest BCUT2D eigenvalue weighted by Gasteiger charge is 2.22. The number of anilines is 1. The number of carbonyl (C=O) groups is 1. The zero-order valence-electron chi connectivity index (χ0n) is 18.3. The van der Waals surface area contributed by atoms with Crippen molar-refractivity contribution < 1.29 is 23.4 Å². The number of nitrogens with one attached hydrogen (secondary N) is 1. The molecule has 0 spiro atoms. The maximum Gasteiger partial charge on any atom is 0.277 e. The predicted octanol–water partition coefficient (Wildman–Crippen LogP) is 2.36. The molecule has 3 rings (SSSR count). The summed E-state index contributed by atoms with van der Waals surface area (Å²) in [5, 5.41) is 12.8. The molecule has 2 heterocycles. The number of halogens is 1. The predicted molar refractivity (Wildman–Crippen MR) is 114 cm³/mol. The molecule has 31 heavy (non-hydrogen) atoms. The van der Waals surface area contributed by atoms with Gasteiger partial charge in [0.25, 0.3) is 5.91 Å². The molecule has 0 unspecified atom stereocenters. The Morgan fingerprint density at radius 1 is 1.29 bits per heavy atom. The van der Waals surface area contributed by atoms with Crippen LogP contribution < -0.4 is 5.32 Å². The van der Waals surface area contributed by atoms with Crippen molar-refractivity contribution in [3.8, 4) is 0 Å². The third-order valence-corrected chi connectivity index (χ3v) is 4.87. The molecular formula is C22H31FN4O4. The first-order valence-electron chi connectivity index (χ1n) is 10.5. The van der Waals surface area contributed by atoms with Gasteiger partial charge in [-0.1, -0.05) is 6.07 Å². The van der Waals surface area contributed by atoms with E-state index in [4.69, 9.17) is 9.15 Å². The van der Waals surface area contributed by atoms with Crippen molar-refractivity contribution in [2.24, 2.45) is 0 Å². The van der Waals surface area contributed by atoms with Crippen LogP contribution in [-0.2, 0) is 11.3 Å². The normalized spacial score (nSPS) is 16.9. The Balaban J connectivity index is 1.42. The number of β-amino-alcohol motifs (C(OH)–C–C–N with tert-alkyl or cyclic N) is 1. The molecule has 170 valence electrons. The smallest absolute Gasteiger partial charge is 0.277 e. The van der Waals surface area contributed by atoms with Crippen LogP contribution in [0.2, 0.25) is 0 Å². The number of aromatic nitrogens is 1. The van der Waals surface area contributed by atoms with Crippen molar-refractivity contribution in [2.75, 3.05) is 44.6 Å². The quantitative estimate of drug-likeness (QED) is 0.659. The molecule has 1 saturated heterocycles. The lowest BCUT2D eigenvalue weighted by Crippen LogP contribution is -2.49. The summed E-state index contributed by atoms with van der Waals surface area (Å²) in [6, 6.07) is 5.68. The van der Waals surface area contributed by atoms with Crippen molar-refractivity contribution in [3.63, 3.8) is 0 Å². The molecule has 0 radical (unpaired) electrons. The Bertz CT molecular complexity index is 859. The molecule has 0 aliphatic carbocycles. The molecule has 1 aliphatic rings. The van der Waals surface area contributed by atoms with Gasteiger partial charge in [0.15, 0.2) is 5.69 Å². The third-order valence-electron chi connectivity index (χ3n) is 4.87. The largest absolute Gasteiger partial charge is 0.447 e. The number of rotatable bonds is 8. The first-order chi connectivity index (χ1) is 14.7. The molecule has 8 nitrogen and oxygen atoms in total. The average molecular weight is 435 g/mol. The third kappa shape index (κ3) is 7.70. The molecule has 2 aromatic rings. The molecule has 0 saturated carbocycles. The summed E-state index contributed by atoms with van der Waals surface area (Å²) < 4.78 is 24.3. The van der Waals surface area contributed by atoms with E-state index in [0.29, 0.717) is 31.3 Å². The highest BCUT2D eigenvalue weighted by atomic mass is 19.1. The minimum Gasteiger partial charge on any atom is -0.447 e. The summed E-state index contributed by atoms with van der Waals surface area (Å²) in [5.74, 6) is -0.416. The van der Waals surface area contributed by atoms with Gasteiger partial charge < -0.3 is 19.6 Å². The number of nitrogens with zero attached hydrogens (tertiary/aromatic N) is 3.